The average molecular weight is 1070 g/mol. The molecule has 0 saturated carbocycles. The van der Waals surface area contributed by atoms with Gasteiger partial charge in [0, 0.05) is 55.2 Å². The normalized spacial score (nSPS) is 11.3. The summed E-state index contributed by atoms with van der Waals surface area (Å²) < 4.78 is 4.56. The number of fused-ring (bicyclic) bond motifs is 6. The molecule has 7 nitrogen and oxygen atoms in total. The standard InChI is InChI=1S/C77H47N7/c78-48-59-28-16-17-29-63(59)66-47-62(84-73-40-32-57(52-22-10-3-11-23-52)45-69(73)70-46-58(33-41-74(70)84)53-24-12-4-13-25-53)35-37-65(66)77-81-75(54-26-14-5-15-27-54)80-76(82-77)64-36-34-61(42-60(64)49-79)83-71-38-30-55(50-18-6-1-7-19-50)43-67(71)68-44-56(31-39-72(68)83)51-20-8-2-9-21-51/h1-47H. The van der Waals surface area contributed by atoms with Crippen LogP contribution in [0, 0.1) is 22.7 Å². The van der Waals surface area contributed by atoms with Crippen molar-refractivity contribution in [2.45, 2.75) is 0 Å². The van der Waals surface area contributed by atoms with E-state index in [0.717, 1.165) is 116 Å². The van der Waals surface area contributed by atoms with Crippen LogP contribution in [0.25, 0.3) is 145 Å². The third kappa shape index (κ3) is 8.65. The summed E-state index contributed by atoms with van der Waals surface area (Å²) in [5, 5.41) is 26.4. The summed E-state index contributed by atoms with van der Waals surface area (Å²) in [4.78, 5) is 15.7. The molecule has 7 heteroatoms. The van der Waals surface area contributed by atoms with Crippen molar-refractivity contribution in [3.05, 3.63) is 296 Å². The zero-order valence-corrected chi connectivity index (χ0v) is 45.3. The van der Waals surface area contributed by atoms with Gasteiger partial charge in [-0.2, -0.15) is 10.5 Å². The summed E-state index contributed by atoms with van der Waals surface area (Å²) in [5.41, 5.74) is 19.4. The molecular formula is C77H47N7. The molecule has 15 aromatic rings. The van der Waals surface area contributed by atoms with E-state index in [9.17, 15) is 10.5 Å². The van der Waals surface area contributed by atoms with Crippen LogP contribution in [0.15, 0.2) is 285 Å². The van der Waals surface area contributed by atoms with E-state index in [0.29, 0.717) is 39.7 Å². The molecule has 12 aromatic carbocycles. The Balaban J connectivity index is 0.910. The van der Waals surface area contributed by atoms with E-state index in [1.54, 1.807) is 0 Å². The first-order valence-electron chi connectivity index (χ1n) is 27.9. The van der Waals surface area contributed by atoms with Gasteiger partial charge in [0.25, 0.3) is 0 Å². The number of aromatic nitrogens is 5. The third-order valence-corrected chi connectivity index (χ3v) is 16.1. The Morgan fingerprint density at radius 3 is 1.00 bits per heavy atom. The molecule has 0 amide bonds. The van der Waals surface area contributed by atoms with Crippen molar-refractivity contribution in [3.8, 4) is 113 Å². The van der Waals surface area contributed by atoms with Gasteiger partial charge in [0.15, 0.2) is 17.5 Å². The summed E-state index contributed by atoms with van der Waals surface area (Å²) in [5.74, 6) is 1.19. The summed E-state index contributed by atoms with van der Waals surface area (Å²) >= 11 is 0. The molecule has 0 atom stereocenters. The number of hydrogen-bond donors (Lipinski definition) is 0. The predicted octanol–water partition coefficient (Wildman–Crippen LogP) is 19.1. The fourth-order valence-corrected chi connectivity index (χ4v) is 12.0. The average Bonchev–Trinajstić information content (AvgIpc) is 1.96. The van der Waals surface area contributed by atoms with Crippen LogP contribution in [0.4, 0.5) is 0 Å². The van der Waals surface area contributed by atoms with Gasteiger partial charge in [-0.3, -0.25) is 0 Å². The van der Waals surface area contributed by atoms with E-state index in [4.69, 9.17) is 15.0 Å². The molecule has 0 aliphatic heterocycles. The Morgan fingerprint density at radius 2 is 0.583 bits per heavy atom. The van der Waals surface area contributed by atoms with Crippen LogP contribution in [-0.4, -0.2) is 24.1 Å². The number of benzene rings is 12. The Bertz CT molecular complexity index is 4940. The predicted molar refractivity (Wildman–Crippen MR) is 341 cm³/mol. The van der Waals surface area contributed by atoms with E-state index >= 15 is 0 Å². The maximum Gasteiger partial charge on any atom is 0.165 e. The van der Waals surface area contributed by atoms with Gasteiger partial charge in [0.2, 0.25) is 0 Å². The molecule has 0 spiro atoms. The Morgan fingerprint density at radius 1 is 0.238 bits per heavy atom. The van der Waals surface area contributed by atoms with Crippen LogP contribution in [0.3, 0.4) is 0 Å². The topological polar surface area (TPSA) is 96.1 Å². The number of nitrogens with zero attached hydrogens (tertiary/aromatic N) is 7. The van der Waals surface area contributed by atoms with Crippen molar-refractivity contribution in [1.29, 1.82) is 10.5 Å². The minimum Gasteiger partial charge on any atom is -0.309 e. The molecule has 3 aromatic heterocycles. The lowest BCUT2D eigenvalue weighted by Gasteiger charge is -2.16. The molecular weight excluding hydrogens is 1020 g/mol. The van der Waals surface area contributed by atoms with Crippen molar-refractivity contribution in [2.24, 2.45) is 0 Å². The molecule has 0 N–H and O–H groups in total. The Labute approximate surface area is 485 Å². The molecule has 390 valence electrons. The number of rotatable bonds is 10. The Hall–Kier alpha value is -11.8. The lowest BCUT2D eigenvalue weighted by Crippen LogP contribution is -2.04. The van der Waals surface area contributed by atoms with Crippen molar-refractivity contribution in [2.75, 3.05) is 0 Å². The molecule has 3 heterocycles. The van der Waals surface area contributed by atoms with Crippen LogP contribution in [0.5, 0.6) is 0 Å². The lowest BCUT2D eigenvalue weighted by molar-refractivity contribution is 1.07. The van der Waals surface area contributed by atoms with Crippen molar-refractivity contribution < 1.29 is 0 Å². The number of nitriles is 2. The quantitative estimate of drug-likeness (QED) is 0.136. The first kappa shape index (κ1) is 49.3. The van der Waals surface area contributed by atoms with Gasteiger partial charge in [-0.15, -0.1) is 0 Å². The second-order valence-corrected chi connectivity index (χ2v) is 21.0. The fourth-order valence-electron chi connectivity index (χ4n) is 12.0. The molecule has 0 bridgehead atoms. The smallest absolute Gasteiger partial charge is 0.165 e. The van der Waals surface area contributed by atoms with Gasteiger partial charge in [0.1, 0.15) is 0 Å². The summed E-state index contributed by atoms with van der Waals surface area (Å²) in [6, 6.07) is 103. The molecule has 0 aliphatic carbocycles. The highest BCUT2D eigenvalue weighted by Crippen LogP contribution is 2.43. The SMILES string of the molecule is N#Cc1cc(-n2c3ccc(-c4ccccc4)cc3c3cc(-c4ccccc4)ccc32)ccc1-c1nc(-c2ccccc2)nc(-c2ccc(-n3c4ccc(-c5ccccc5)cc4c4cc(-c5ccccc5)ccc43)cc2-c2ccccc2C#N)n1. The monoisotopic (exact) mass is 1070 g/mol. The van der Waals surface area contributed by atoms with Crippen LogP contribution < -0.4 is 0 Å². The van der Waals surface area contributed by atoms with Crippen molar-refractivity contribution in [3.63, 3.8) is 0 Å². The van der Waals surface area contributed by atoms with Gasteiger partial charge >= 0.3 is 0 Å². The first-order chi connectivity index (χ1) is 41.5. The van der Waals surface area contributed by atoms with Gasteiger partial charge in [-0.25, -0.2) is 15.0 Å². The minimum absolute atomic E-state index is 0.346. The highest BCUT2D eigenvalue weighted by Gasteiger charge is 2.23. The Kier molecular flexibility index (Phi) is 12.2. The molecule has 0 fully saturated rings. The van der Waals surface area contributed by atoms with Gasteiger partial charge in [0.05, 0.1) is 45.3 Å². The maximum absolute atomic E-state index is 11.2. The van der Waals surface area contributed by atoms with E-state index in [1.807, 2.05) is 91.0 Å². The highest BCUT2D eigenvalue weighted by atomic mass is 15.0. The zero-order chi connectivity index (χ0) is 56.1. The maximum atomic E-state index is 11.2. The molecule has 0 unspecified atom stereocenters. The second kappa shape index (κ2) is 20.7. The largest absolute Gasteiger partial charge is 0.309 e. The molecule has 0 saturated heterocycles. The van der Waals surface area contributed by atoms with Crippen LogP contribution in [0.1, 0.15) is 11.1 Å². The van der Waals surface area contributed by atoms with Gasteiger partial charge in [-0.05, 0) is 141 Å². The van der Waals surface area contributed by atoms with Crippen molar-refractivity contribution in [1.82, 2.24) is 24.1 Å². The van der Waals surface area contributed by atoms with Crippen molar-refractivity contribution >= 4 is 43.6 Å². The highest BCUT2D eigenvalue weighted by molar-refractivity contribution is 6.13. The van der Waals surface area contributed by atoms with E-state index < -0.39 is 0 Å². The lowest BCUT2D eigenvalue weighted by atomic mass is 9.94. The van der Waals surface area contributed by atoms with Crippen LogP contribution in [0.2, 0.25) is 0 Å². The summed E-state index contributed by atoms with van der Waals surface area (Å²) in [6.45, 7) is 0. The zero-order valence-electron chi connectivity index (χ0n) is 45.3. The molecule has 0 radical (unpaired) electrons. The molecule has 15 rings (SSSR count). The second-order valence-electron chi connectivity index (χ2n) is 21.0. The third-order valence-electron chi connectivity index (χ3n) is 16.1. The van der Waals surface area contributed by atoms with E-state index in [1.165, 1.54) is 0 Å². The van der Waals surface area contributed by atoms with Gasteiger partial charge < -0.3 is 9.13 Å². The van der Waals surface area contributed by atoms with Crippen LogP contribution >= 0.6 is 0 Å². The summed E-state index contributed by atoms with van der Waals surface area (Å²) in [7, 11) is 0. The van der Waals surface area contributed by atoms with Crippen LogP contribution in [-0.2, 0) is 0 Å². The fraction of sp³-hybridized carbons (Fsp3) is 0. The minimum atomic E-state index is 0.346. The van der Waals surface area contributed by atoms with Gasteiger partial charge in [-0.1, -0.05) is 194 Å². The molecule has 84 heavy (non-hydrogen) atoms. The summed E-state index contributed by atoms with van der Waals surface area (Å²) in [6.07, 6.45) is 0. The van der Waals surface area contributed by atoms with E-state index in [2.05, 4.69) is 215 Å². The first-order valence-corrected chi connectivity index (χ1v) is 27.9. The number of hydrogen-bond acceptors (Lipinski definition) is 5. The molecule has 0 aliphatic rings. The van der Waals surface area contributed by atoms with E-state index in [-0.39, 0.29) is 0 Å².